The summed E-state index contributed by atoms with van der Waals surface area (Å²) in [6, 6.07) is 3.68. The van der Waals surface area contributed by atoms with Crippen molar-refractivity contribution in [3.8, 4) is 11.5 Å². The highest BCUT2D eigenvalue weighted by molar-refractivity contribution is 5.52. The van der Waals surface area contributed by atoms with E-state index in [1.165, 1.54) is 0 Å². The lowest BCUT2D eigenvalue weighted by Gasteiger charge is -2.01. The predicted octanol–water partition coefficient (Wildman–Crippen LogP) is 1.44. The minimum atomic E-state index is -0.0293. The van der Waals surface area contributed by atoms with Crippen LogP contribution in [0.4, 0.5) is 0 Å². The molecule has 0 spiro atoms. The van der Waals surface area contributed by atoms with Crippen LogP contribution in [-0.2, 0) is 11.3 Å². The van der Waals surface area contributed by atoms with Gasteiger partial charge in [-0.25, -0.2) is 0 Å². The van der Waals surface area contributed by atoms with Gasteiger partial charge in [0.05, 0.1) is 5.69 Å². The first kappa shape index (κ1) is 11.3. The van der Waals surface area contributed by atoms with Crippen LogP contribution in [0.5, 0.6) is 0 Å². The molecule has 1 fully saturated rings. The Bertz CT molecular complexity index is 534. The predicted molar refractivity (Wildman–Crippen MR) is 63.3 cm³/mol. The zero-order chi connectivity index (χ0) is 12.4. The molecule has 1 atom stereocenters. The van der Waals surface area contributed by atoms with Crippen molar-refractivity contribution < 1.29 is 9.26 Å². The molecule has 0 aromatic carbocycles. The van der Waals surface area contributed by atoms with Crippen LogP contribution in [0.25, 0.3) is 11.5 Å². The topological polar surface area (TPSA) is 87.1 Å². The minimum Gasteiger partial charge on any atom is -0.370 e. The van der Waals surface area contributed by atoms with Crippen LogP contribution in [0.3, 0.4) is 0 Å². The van der Waals surface area contributed by atoms with E-state index in [2.05, 4.69) is 15.1 Å². The van der Waals surface area contributed by atoms with Gasteiger partial charge in [-0.3, -0.25) is 4.98 Å². The fraction of sp³-hybridized carbons (Fsp3) is 0.417. The maximum absolute atomic E-state index is 5.55. The van der Waals surface area contributed by atoms with E-state index in [0.717, 1.165) is 30.7 Å². The molecule has 18 heavy (non-hydrogen) atoms. The Labute approximate surface area is 104 Å². The maximum Gasteiger partial charge on any atom is 0.258 e. The number of aromatic nitrogens is 3. The van der Waals surface area contributed by atoms with Gasteiger partial charge in [0.2, 0.25) is 5.82 Å². The van der Waals surface area contributed by atoms with Gasteiger partial charge in [-0.15, -0.1) is 0 Å². The maximum atomic E-state index is 5.55. The van der Waals surface area contributed by atoms with Gasteiger partial charge in [0.15, 0.2) is 0 Å². The summed E-state index contributed by atoms with van der Waals surface area (Å²) in [6.45, 7) is 1.15. The van der Waals surface area contributed by atoms with Gasteiger partial charge in [0.25, 0.3) is 5.89 Å². The van der Waals surface area contributed by atoms with E-state index in [1.54, 1.807) is 6.20 Å². The van der Waals surface area contributed by atoms with Crippen molar-refractivity contribution in [1.82, 2.24) is 15.1 Å². The summed E-state index contributed by atoms with van der Waals surface area (Å²) in [5, 5.41) is 3.97. The van der Waals surface area contributed by atoms with Crippen molar-refractivity contribution in [2.45, 2.75) is 25.5 Å². The lowest BCUT2D eigenvalue weighted by Crippen LogP contribution is -1.99. The zero-order valence-corrected chi connectivity index (χ0v) is 9.87. The third-order valence-electron chi connectivity index (χ3n) is 2.93. The van der Waals surface area contributed by atoms with Crippen LogP contribution in [0, 0.1) is 0 Å². The number of nitrogens with two attached hydrogens (primary N) is 1. The molecule has 1 aliphatic rings. The molecule has 2 aromatic heterocycles. The van der Waals surface area contributed by atoms with E-state index in [-0.39, 0.29) is 6.10 Å². The van der Waals surface area contributed by atoms with Crippen LogP contribution in [0.15, 0.2) is 22.9 Å². The van der Waals surface area contributed by atoms with Crippen molar-refractivity contribution in [3.63, 3.8) is 0 Å². The highest BCUT2D eigenvalue weighted by Crippen LogP contribution is 2.28. The molecular formula is C12H14N4O2. The van der Waals surface area contributed by atoms with E-state index in [0.29, 0.717) is 18.3 Å². The molecule has 6 heteroatoms. The van der Waals surface area contributed by atoms with Crippen LogP contribution in [0.2, 0.25) is 0 Å². The first-order valence-electron chi connectivity index (χ1n) is 5.97. The quantitative estimate of drug-likeness (QED) is 0.881. The molecule has 2 N–H and O–H groups in total. The number of nitrogens with zero attached hydrogens (tertiary/aromatic N) is 3. The molecule has 3 rings (SSSR count). The van der Waals surface area contributed by atoms with Crippen molar-refractivity contribution in [2.24, 2.45) is 5.73 Å². The van der Waals surface area contributed by atoms with Gasteiger partial charge in [0, 0.05) is 24.9 Å². The van der Waals surface area contributed by atoms with Crippen molar-refractivity contribution in [3.05, 3.63) is 29.8 Å². The third-order valence-corrected chi connectivity index (χ3v) is 2.93. The number of rotatable bonds is 3. The molecule has 1 aliphatic heterocycles. The summed E-state index contributed by atoms with van der Waals surface area (Å²) in [6.07, 6.45) is 3.65. The second-order valence-corrected chi connectivity index (χ2v) is 4.20. The molecule has 1 unspecified atom stereocenters. The van der Waals surface area contributed by atoms with E-state index in [4.69, 9.17) is 15.0 Å². The van der Waals surface area contributed by atoms with Gasteiger partial charge in [0.1, 0.15) is 6.10 Å². The Morgan fingerprint density at radius 3 is 3.17 bits per heavy atom. The van der Waals surface area contributed by atoms with Crippen molar-refractivity contribution in [2.75, 3.05) is 6.61 Å². The molecule has 2 aromatic rings. The molecule has 6 nitrogen and oxygen atoms in total. The fourth-order valence-electron chi connectivity index (χ4n) is 1.99. The summed E-state index contributed by atoms with van der Waals surface area (Å²) >= 11 is 0. The number of hydrogen-bond acceptors (Lipinski definition) is 6. The van der Waals surface area contributed by atoms with Crippen LogP contribution < -0.4 is 5.73 Å². The standard InChI is InChI=1S/C12H14N4O2/c13-7-9-6-8(3-4-14-9)12-15-11(16-18-12)10-2-1-5-17-10/h3-4,6,10H,1-2,5,7,13H2. The summed E-state index contributed by atoms with van der Waals surface area (Å²) in [7, 11) is 0. The molecule has 0 saturated carbocycles. The molecule has 94 valence electrons. The van der Waals surface area contributed by atoms with Gasteiger partial charge >= 0.3 is 0 Å². The van der Waals surface area contributed by atoms with E-state index >= 15 is 0 Å². The SMILES string of the molecule is NCc1cc(-c2nc(C3CCCO3)no2)ccn1. The summed E-state index contributed by atoms with van der Waals surface area (Å²) in [4.78, 5) is 8.49. The monoisotopic (exact) mass is 246 g/mol. The largest absolute Gasteiger partial charge is 0.370 e. The Hall–Kier alpha value is -1.79. The van der Waals surface area contributed by atoms with Gasteiger partial charge < -0.3 is 15.0 Å². The number of ether oxygens (including phenoxy) is 1. The Morgan fingerprint density at radius 2 is 2.39 bits per heavy atom. The fourth-order valence-corrected chi connectivity index (χ4v) is 1.99. The second kappa shape index (κ2) is 4.83. The molecule has 0 aliphatic carbocycles. The van der Waals surface area contributed by atoms with Crippen LogP contribution in [0.1, 0.15) is 30.5 Å². The normalized spacial score (nSPS) is 19.3. The smallest absolute Gasteiger partial charge is 0.258 e. The Kier molecular flexibility index (Phi) is 3.04. The number of hydrogen-bond donors (Lipinski definition) is 1. The van der Waals surface area contributed by atoms with Gasteiger partial charge in [-0.2, -0.15) is 4.98 Å². The first-order chi connectivity index (χ1) is 8.86. The second-order valence-electron chi connectivity index (χ2n) is 4.20. The molecule has 0 bridgehead atoms. The van der Waals surface area contributed by atoms with Crippen molar-refractivity contribution >= 4 is 0 Å². The summed E-state index contributed by atoms with van der Waals surface area (Å²) in [5.74, 6) is 1.10. The van der Waals surface area contributed by atoms with E-state index in [1.807, 2.05) is 12.1 Å². The average molecular weight is 246 g/mol. The molecule has 1 saturated heterocycles. The lowest BCUT2D eigenvalue weighted by molar-refractivity contribution is 0.103. The Morgan fingerprint density at radius 1 is 1.44 bits per heavy atom. The van der Waals surface area contributed by atoms with E-state index in [9.17, 15) is 0 Å². The molecule has 0 radical (unpaired) electrons. The van der Waals surface area contributed by atoms with Crippen LogP contribution >= 0.6 is 0 Å². The molecular weight excluding hydrogens is 232 g/mol. The minimum absolute atomic E-state index is 0.0293. The van der Waals surface area contributed by atoms with Crippen LogP contribution in [-0.4, -0.2) is 21.7 Å². The highest BCUT2D eigenvalue weighted by Gasteiger charge is 2.23. The Balaban J connectivity index is 1.87. The first-order valence-corrected chi connectivity index (χ1v) is 5.97. The van der Waals surface area contributed by atoms with Gasteiger partial charge in [-0.1, -0.05) is 5.16 Å². The number of pyridine rings is 1. The summed E-state index contributed by atoms with van der Waals surface area (Å²) < 4.78 is 10.8. The van der Waals surface area contributed by atoms with Gasteiger partial charge in [-0.05, 0) is 25.0 Å². The van der Waals surface area contributed by atoms with Crippen molar-refractivity contribution in [1.29, 1.82) is 0 Å². The van der Waals surface area contributed by atoms with E-state index < -0.39 is 0 Å². The average Bonchev–Trinajstić information content (AvgIpc) is 3.09. The summed E-state index contributed by atoms with van der Waals surface area (Å²) in [5.41, 5.74) is 7.18. The highest BCUT2D eigenvalue weighted by atomic mass is 16.5. The zero-order valence-electron chi connectivity index (χ0n) is 9.87. The molecule has 0 amide bonds. The lowest BCUT2D eigenvalue weighted by atomic mass is 10.2. The molecule has 3 heterocycles. The third kappa shape index (κ3) is 2.12.